The number of hydrogen-bond donors (Lipinski definition) is 1. The van der Waals surface area contributed by atoms with Crippen LogP contribution in [0.3, 0.4) is 0 Å². The Morgan fingerprint density at radius 2 is 1.67 bits per heavy atom. The summed E-state index contributed by atoms with van der Waals surface area (Å²) in [4.78, 5) is 0. The van der Waals surface area contributed by atoms with E-state index in [9.17, 15) is 5.26 Å². The average Bonchev–Trinajstić information content (AvgIpc) is 2.98. The van der Waals surface area contributed by atoms with Gasteiger partial charge in [-0.2, -0.15) is 10.4 Å². The van der Waals surface area contributed by atoms with E-state index in [2.05, 4.69) is 11.2 Å². The summed E-state index contributed by atoms with van der Waals surface area (Å²) in [5.41, 5.74) is 9.67. The van der Waals surface area contributed by atoms with E-state index in [-0.39, 0.29) is 11.8 Å². The van der Waals surface area contributed by atoms with Gasteiger partial charge in [0.15, 0.2) is 0 Å². The summed E-state index contributed by atoms with van der Waals surface area (Å²) < 4.78 is 7.50. The molecule has 0 fully saturated rings. The van der Waals surface area contributed by atoms with E-state index in [1.54, 1.807) is 28.9 Å². The highest BCUT2D eigenvalue weighted by molar-refractivity contribution is 6.30. The van der Waals surface area contributed by atoms with E-state index < -0.39 is 0 Å². The summed E-state index contributed by atoms with van der Waals surface area (Å²) in [6.45, 7) is 1.88. The number of benzene rings is 2. The number of allylic oxidation sites excluding steroid dienone is 1. The van der Waals surface area contributed by atoms with Gasteiger partial charge in [0.25, 0.3) is 0 Å². The second-order valence-corrected chi connectivity index (χ2v) is 7.04. The van der Waals surface area contributed by atoms with Gasteiger partial charge in [-0.25, -0.2) is 4.68 Å². The van der Waals surface area contributed by atoms with Gasteiger partial charge < -0.3 is 10.5 Å². The lowest BCUT2D eigenvalue weighted by Crippen LogP contribution is -2.22. The topological polar surface area (TPSA) is 76.9 Å². The van der Waals surface area contributed by atoms with Crippen molar-refractivity contribution in [2.24, 2.45) is 5.73 Å². The molecule has 0 spiro atoms. The monoisotopic (exact) mass is 396 g/mol. The number of hydrogen-bond acceptors (Lipinski definition) is 4. The van der Waals surface area contributed by atoms with E-state index in [4.69, 9.17) is 33.7 Å². The Labute approximate surface area is 166 Å². The lowest BCUT2D eigenvalue weighted by molar-refractivity contribution is 0.367. The number of nitrogens with two attached hydrogens (primary N) is 1. The Balaban J connectivity index is 1.93. The molecule has 3 aromatic rings. The van der Waals surface area contributed by atoms with Crippen LogP contribution in [0.1, 0.15) is 22.7 Å². The Kier molecular flexibility index (Phi) is 4.31. The van der Waals surface area contributed by atoms with Crippen LogP contribution < -0.4 is 10.5 Å². The van der Waals surface area contributed by atoms with Gasteiger partial charge >= 0.3 is 0 Å². The molecular weight excluding hydrogens is 383 g/mol. The molecule has 0 radical (unpaired) electrons. The molecule has 0 amide bonds. The maximum absolute atomic E-state index is 9.68. The highest BCUT2D eigenvalue weighted by Crippen LogP contribution is 2.44. The van der Waals surface area contributed by atoms with Crippen LogP contribution in [0, 0.1) is 18.3 Å². The third kappa shape index (κ3) is 2.93. The number of nitriles is 1. The molecule has 0 aliphatic carbocycles. The summed E-state index contributed by atoms with van der Waals surface area (Å²) in [7, 11) is 0. The van der Waals surface area contributed by atoms with Crippen molar-refractivity contribution in [1.82, 2.24) is 9.78 Å². The van der Waals surface area contributed by atoms with Crippen LogP contribution in [0.15, 0.2) is 60.0 Å². The third-order valence-corrected chi connectivity index (χ3v) is 5.01. The number of rotatable bonds is 2. The standard InChI is InChI=1S/C20H14Cl2N4O/c1-11-17-18(12-2-4-13(21)5-3-12)16(10-23)19(24)27-20(17)26(25-11)15-8-6-14(22)7-9-15/h2-9,18H,24H2,1H3/t18-/m1/s1. The van der Waals surface area contributed by atoms with Gasteiger partial charge in [-0.1, -0.05) is 35.3 Å². The molecule has 27 heavy (non-hydrogen) atoms. The lowest BCUT2D eigenvalue weighted by Gasteiger charge is -2.25. The van der Waals surface area contributed by atoms with Crippen LogP contribution in [-0.4, -0.2) is 9.78 Å². The Morgan fingerprint density at radius 3 is 2.26 bits per heavy atom. The van der Waals surface area contributed by atoms with Crippen LogP contribution in [-0.2, 0) is 0 Å². The number of halogens is 2. The zero-order valence-corrected chi connectivity index (χ0v) is 15.8. The molecule has 2 heterocycles. The minimum absolute atomic E-state index is 0.0695. The van der Waals surface area contributed by atoms with Gasteiger partial charge in [0.1, 0.15) is 11.6 Å². The van der Waals surface area contributed by atoms with Gasteiger partial charge in [-0.15, -0.1) is 0 Å². The number of aromatic nitrogens is 2. The normalized spacial score (nSPS) is 15.9. The van der Waals surface area contributed by atoms with Crippen molar-refractivity contribution in [2.75, 3.05) is 0 Å². The van der Waals surface area contributed by atoms with Crippen LogP contribution in [0.5, 0.6) is 5.88 Å². The molecule has 0 unspecified atom stereocenters. The molecule has 0 saturated heterocycles. The number of nitrogens with zero attached hydrogens (tertiary/aromatic N) is 3. The fourth-order valence-electron chi connectivity index (χ4n) is 3.26. The number of aryl methyl sites for hydroxylation is 1. The van der Waals surface area contributed by atoms with E-state index in [0.717, 1.165) is 22.5 Å². The maximum Gasteiger partial charge on any atom is 0.229 e. The lowest BCUT2D eigenvalue weighted by atomic mass is 9.84. The first kappa shape index (κ1) is 17.5. The zero-order chi connectivity index (χ0) is 19.1. The summed E-state index contributed by atoms with van der Waals surface area (Å²) in [5, 5.41) is 15.6. The Hall–Kier alpha value is -2.94. The first-order chi connectivity index (χ1) is 13.0. The van der Waals surface area contributed by atoms with E-state index in [1.165, 1.54) is 0 Å². The molecule has 7 heteroatoms. The second-order valence-electron chi connectivity index (χ2n) is 6.17. The largest absolute Gasteiger partial charge is 0.422 e. The number of ether oxygens (including phenoxy) is 1. The summed E-state index contributed by atoms with van der Waals surface area (Å²) in [5.74, 6) is 0.184. The molecule has 1 aliphatic heterocycles. The zero-order valence-electron chi connectivity index (χ0n) is 14.3. The number of fused-ring (bicyclic) bond motifs is 1. The van der Waals surface area contributed by atoms with Crippen molar-refractivity contribution in [3.05, 3.63) is 86.9 Å². The fraction of sp³-hybridized carbons (Fsp3) is 0.100. The molecule has 1 aliphatic rings. The molecule has 4 rings (SSSR count). The summed E-state index contributed by atoms with van der Waals surface area (Å²) in [6, 6.07) is 16.8. The van der Waals surface area contributed by atoms with E-state index in [0.29, 0.717) is 21.5 Å². The molecule has 0 saturated carbocycles. The average molecular weight is 397 g/mol. The SMILES string of the molecule is Cc1nn(-c2ccc(Cl)cc2)c2c1[C@H](c1ccc(Cl)cc1)C(C#N)=C(N)O2. The molecule has 0 bridgehead atoms. The van der Waals surface area contributed by atoms with Gasteiger partial charge in [-0.3, -0.25) is 0 Å². The minimum atomic E-state index is -0.378. The molecular formula is C20H14Cl2N4O. The van der Waals surface area contributed by atoms with Crippen LogP contribution in [0.2, 0.25) is 10.0 Å². The highest BCUT2D eigenvalue weighted by atomic mass is 35.5. The Morgan fingerprint density at radius 1 is 1.07 bits per heavy atom. The van der Waals surface area contributed by atoms with Gasteiger partial charge in [0.2, 0.25) is 11.8 Å². The van der Waals surface area contributed by atoms with Crippen molar-refractivity contribution in [3.8, 4) is 17.6 Å². The molecule has 1 aromatic heterocycles. The molecule has 134 valence electrons. The molecule has 2 aromatic carbocycles. The maximum atomic E-state index is 9.68. The van der Waals surface area contributed by atoms with E-state index >= 15 is 0 Å². The van der Waals surface area contributed by atoms with Crippen molar-refractivity contribution < 1.29 is 4.74 Å². The predicted octanol–water partition coefficient (Wildman–Crippen LogP) is 4.71. The van der Waals surface area contributed by atoms with Crippen molar-refractivity contribution in [3.63, 3.8) is 0 Å². The first-order valence-electron chi connectivity index (χ1n) is 8.18. The van der Waals surface area contributed by atoms with Crippen LogP contribution >= 0.6 is 23.2 Å². The van der Waals surface area contributed by atoms with Crippen LogP contribution in [0.25, 0.3) is 5.69 Å². The highest BCUT2D eigenvalue weighted by Gasteiger charge is 2.36. The predicted molar refractivity (Wildman–Crippen MR) is 104 cm³/mol. The Bertz CT molecular complexity index is 1090. The van der Waals surface area contributed by atoms with Gasteiger partial charge in [0.05, 0.1) is 22.9 Å². The second kappa shape index (κ2) is 6.66. The van der Waals surface area contributed by atoms with Crippen molar-refractivity contribution >= 4 is 23.2 Å². The van der Waals surface area contributed by atoms with Crippen LogP contribution in [0.4, 0.5) is 0 Å². The van der Waals surface area contributed by atoms with Crippen molar-refractivity contribution in [2.45, 2.75) is 12.8 Å². The quantitative estimate of drug-likeness (QED) is 0.680. The van der Waals surface area contributed by atoms with Gasteiger partial charge in [0, 0.05) is 10.0 Å². The van der Waals surface area contributed by atoms with Gasteiger partial charge in [-0.05, 0) is 48.9 Å². The first-order valence-corrected chi connectivity index (χ1v) is 8.93. The fourth-order valence-corrected chi connectivity index (χ4v) is 3.51. The molecule has 5 nitrogen and oxygen atoms in total. The minimum Gasteiger partial charge on any atom is -0.422 e. The van der Waals surface area contributed by atoms with Crippen molar-refractivity contribution in [1.29, 1.82) is 5.26 Å². The third-order valence-electron chi connectivity index (χ3n) is 4.51. The summed E-state index contributed by atoms with van der Waals surface area (Å²) >= 11 is 12.0. The summed E-state index contributed by atoms with van der Waals surface area (Å²) in [6.07, 6.45) is 0. The molecule has 2 N–H and O–H groups in total. The van der Waals surface area contributed by atoms with E-state index in [1.807, 2.05) is 31.2 Å². The smallest absolute Gasteiger partial charge is 0.229 e. The molecule has 1 atom stereocenters.